The largest absolute Gasteiger partial charge is 0.462 e. The molecular weight excluding hydrogens is 985 g/mol. The topological polar surface area (TPSA) is 78.9 Å². The van der Waals surface area contributed by atoms with Crippen molar-refractivity contribution in [2.24, 2.45) is 0 Å². The summed E-state index contributed by atoms with van der Waals surface area (Å²) in [6.07, 6.45) is 91.6. The molecule has 0 aromatic heterocycles. The third-order valence-electron chi connectivity index (χ3n) is 14.8. The first-order valence-corrected chi connectivity index (χ1v) is 34.2. The van der Waals surface area contributed by atoms with E-state index in [1.165, 1.54) is 186 Å². The first-order valence-electron chi connectivity index (χ1n) is 34.2. The molecule has 6 heteroatoms. The summed E-state index contributed by atoms with van der Waals surface area (Å²) in [5, 5.41) is 0. The van der Waals surface area contributed by atoms with Crippen LogP contribution in [-0.2, 0) is 28.6 Å². The molecule has 1 atom stereocenters. The minimum absolute atomic E-state index is 0.0785. The Kier molecular flexibility index (Phi) is 64.7. The van der Waals surface area contributed by atoms with Crippen LogP contribution in [0.5, 0.6) is 0 Å². The van der Waals surface area contributed by atoms with E-state index >= 15 is 0 Å². The highest BCUT2D eigenvalue weighted by Gasteiger charge is 2.19. The number of hydrogen-bond donors (Lipinski definition) is 0. The molecule has 6 nitrogen and oxygen atoms in total. The summed E-state index contributed by atoms with van der Waals surface area (Å²) >= 11 is 0. The Morgan fingerprint density at radius 1 is 0.263 bits per heavy atom. The van der Waals surface area contributed by atoms with E-state index in [9.17, 15) is 14.4 Å². The molecule has 0 heterocycles. The van der Waals surface area contributed by atoms with Crippen molar-refractivity contribution in [2.75, 3.05) is 13.2 Å². The third kappa shape index (κ3) is 65.1. The number of allylic oxidation sites excluding steroid dienone is 16. The van der Waals surface area contributed by atoms with Crippen molar-refractivity contribution >= 4 is 17.9 Å². The average molecular weight is 1110 g/mol. The Morgan fingerprint density at radius 3 is 0.825 bits per heavy atom. The van der Waals surface area contributed by atoms with Crippen molar-refractivity contribution in [3.05, 3.63) is 97.2 Å². The van der Waals surface area contributed by atoms with Crippen molar-refractivity contribution < 1.29 is 28.6 Å². The number of ether oxygens (including phenoxy) is 3. The summed E-state index contributed by atoms with van der Waals surface area (Å²) in [6, 6.07) is 0. The standard InChI is InChI=1S/C74H128O6/c1-4-7-10-13-16-19-22-24-26-28-30-31-32-33-34-35-36-37-38-39-40-41-42-43-45-46-48-50-52-55-58-61-64-67-73(76)79-70-71(69-78-72(75)66-63-60-57-54-21-18-15-12-9-6-3)80-74(77)68-65-62-59-56-53-51-49-47-44-29-27-25-23-20-17-14-11-8-5-2/h7,10,12,15-17,19-20,24-27,30-31,33-34,71H,4-6,8-9,11,13-14,18,21-23,28-29,32,35-70H2,1-3H3/b10-7-,15-12-,19-16-,20-17-,26-24-,27-25-,31-30-,34-33-. The SMILES string of the molecule is CC/C=C\C/C=C\C/C=C\C/C=C\C/C=C\CCCCCCCCCCCCCCCCCCCC(=O)OCC(COC(=O)CCCCCCC/C=C\CCC)OC(=O)CCCCCCCCCCC/C=C\C/C=C\CCCCC. The number of esters is 3. The summed E-state index contributed by atoms with van der Waals surface area (Å²) in [7, 11) is 0. The Morgan fingerprint density at radius 2 is 0.512 bits per heavy atom. The molecule has 0 N–H and O–H groups in total. The lowest BCUT2D eigenvalue weighted by molar-refractivity contribution is -0.167. The van der Waals surface area contributed by atoms with E-state index in [0.717, 1.165) is 109 Å². The number of unbranched alkanes of at least 4 members (excludes halogenated alkanes) is 35. The van der Waals surface area contributed by atoms with Gasteiger partial charge in [-0.1, -0.05) is 298 Å². The minimum atomic E-state index is -0.782. The van der Waals surface area contributed by atoms with E-state index in [4.69, 9.17) is 14.2 Å². The maximum absolute atomic E-state index is 12.9. The van der Waals surface area contributed by atoms with E-state index in [1.807, 2.05) is 0 Å². The van der Waals surface area contributed by atoms with Crippen LogP contribution in [0.3, 0.4) is 0 Å². The molecule has 0 saturated heterocycles. The van der Waals surface area contributed by atoms with Gasteiger partial charge in [-0.3, -0.25) is 14.4 Å². The first kappa shape index (κ1) is 76.3. The van der Waals surface area contributed by atoms with Crippen LogP contribution in [0, 0.1) is 0 Å². The Hall–Kier alpha value is -3.67. The van der Waals surface area contributed by atoms with Gasteiger partial charge in [-0.15, -0.1) is 0 Å². The molecule has 0 rings (SSSR count). The van der Waals surface area contributed by atoms with Crippen molar-refractivity contribution in [2.45, 2.75) is 341 Å². The molecule has 1 unspecified atom stereocenters. The highest BCUT2D eigenvalue weighted by Crippen LogP contribution is 2.17. The van der Waals surface area contributed by atoms with Crippen LogP contribution in [0.15, 0.2) is 97.2 Å². The average Bonchev–Trinajstić information content (AvgIpc) is 3.46. The zero-order valence-electron chi connectivity index (χ0n) is 52.8. The van der Waals surface area contributed by atoms with Crippen LogP contribution in [0.1, 0.15) is 335 Å². The molecule has 0 fully saturated rings. The molecule has 0 aliphatic carbocycles. The Bertz CT molecular complexity index is 1560. The highest BCUT2D eigenvalue weighted by atomic mass is 16.6. The molecule has 80 heavy (non-hydrogen) atoms. The number of rotatable bonds is 62. The predicted molar refractivity (Wildman–Crippen MR) is 348 cm³/mol. The molecule has 0 bridgehead atoms. The lowest BCUT2D eigenvalue weighted by Gasteiger charge is -2.18. The van der Waals surface area contributed by atoms with Crippen molar-refractivity contribution in [3.8, 4) is 0 Å². The molecule has 0 saturated carbocycles. The zero-order chi connectivity index (χ0) is 57.8. The molecule has 0 aliphatic rings. The van der Waals surface area contributed by atoms with Gasteiger partial charge in [0, 0.05) is 19.3 Å². The molecule has 0 amide bonds. The molecule has 0 aromatic rings. The summed E-state index contributed by atoms with van der Waals surface area (Å²) in [5.41, 5.74) is 0. The highest BCUT2D eigenvalue weighted by molar-refractivity contribution is 5.71. The van der Waals surface area contributed by atoms with Crippen LogP contribution in [0.25, 0.3) is 0 Å². The van der Waals surface area contributed by atoms with Crippen LogP contribution in [0.2, 0.25) is 0 Å². The third-order valence-corrected chi connectivity index (χ3v) is 14.8. The summed E-state index contributed by atoms with van der Waals surface area (Å²) in [5.74, 6) is -0.881. The van der Waals surface area contributed by atoms with Crippen LogP contribution < -0.4 is 0 Å². The van der Waals surface area contributed by atoms with Gasteiger partial charge in [0.1, 0.15) is 13.2 Å². The monoisotopic (exact) mass is 1110 g/mol. The van der Waals surface area contributed by atoms with Gasteiger partial charge < -0.3 is 14.2 Å². The fourth-order valence-electron chi connectivity index (χ4n) is 9.68. The fourth-order valence-corrected chi connectivity index (χ4v) is 9.68. The van der Waals surface area contributed by atoms with Gasteiger partial charge in [-0.2, -0.15) is 0 Å². The van der Waals surface area contributed by atoms with Crippen LogP contribution >= 0.6 is 0 Å². The predicted octanol–water partition coefficient (Wildman–Crippen LogP) is 23.6. The molecule has 0 aromatic carbocycles. The number of hydrogen-bond acceptors (Lipinski definition) is 6. The number of carbonyl (C=O) groups is 3. The van der Waals surface area contributed by atoms with Gasteiger partial charge in [0.05, 0.1) is 0 Å². The minimum Gasteiger partial charge on any atom is -0.462 e. The van der Waals surface area contributed by atoms with E-state index in [2.05, 4.69) is 118 Å². The van der Waals surface area contributed by atoms with Gasteiger partial charge >= 0.3 is 17.9 Å². The van der Waals surface area contributed by atoms with Crippen LogP contribution in [-0.4, -0.2) is 37.2 Å². The molecular formula is C74H128O6. The second kappa shape index (κ2) is 67.8. The quantitative estimate of drug-likeness (QED) is 0.0261. The van der Waals surface area contributed by atoms with Gasteiger partial charge in [-0.25, -0.2) is 0 Å². The van der Waals surface area contributed by atoms with Crippen molar-refractivity contribution in [1.29, 1.82) is 0 Å². The molecule has 0 spiro atoms. The van der Waals surface area contributed by atoms with Gasteiger partial charge in [0.15, 0.2) is 6.10 Å². The van der Waals surface area contributed by atoms with Crippen LogP contribution in [0.4, 0.5) is 0 Å². The molecule has 460 valence electrons. The maximum Gasteiger partial charge on any atom is 0.306 e. The van der Waals surface area contributed by atoms with Gasteiger partial charge in [0.25, 0.3) is 0 Å². The summed E-state index contributed by atoms with van der Waals surface area (Å²) in [6.45, 7) is 6.46. The molecule has 0 aliphatic heterocycles. The first-order chi connectivity index (χ1) is 39.5. The zero-order valence-corrected chi connectivity index (χ0v) is 52.8. The fraction of sp³-hybridized carbons (Fsp3) is 0.743. The second-order valence-electron chi connectivity index (χ2n) is 22.7. The number of carbonyl (C=O) groups excluding carboxylic acids is 3. The second-order valence-corrected chi connectivity index (χ2v) is 22.7. The lowest BCUT2D eigenvalue weighted by Crippen LogP contribution is -2.30. The van der Waals surface area contributed by atoms with Gasteiger partial charge in [-0.05, 0) is 116 Å². The molecule has 0 radical (unpaired) electrons. The van der Waals surface area contributed by atoms with E-state index in [0.29, 0.717) is 19.3 Å². The van der Waals surface area contributed by atoms with E-state index in [1.54, 1.807) is 0 Å². The van der Waals surface area contributed by atoms with E-state index < -0.39 is 6.10 Å². The maximum atomic E-state index is 12.9. The van der Waals surface area contributed by atoms with E-state index in [-0.39, 0.29) is 31.1 Å². The van der Waals surface area contributed by atoms with Crippen molar-refractivity contribution in [1.82, 2.24) is 0 Å². The Labute approximate surface area is 496 Å². The lowest BCUT2D eigenvalue weighted by atomic mass is 10.0. The normalized spacial score (nSPS) is 12.7. The summed E-state index contributed by atoms with van der Waals surface area (Å²) in [4.78, 5) is 38.3. The van der Waals surface area contributed by atoms with Crippen molar-refractivity contribution in [3.63, 3.8) is 0 Å². The Balaban J connectivity index is 4.12. The van der Waals surface area contributed by atoms with Gasteiger partial charge in [0.2, 0.25) is 0 Å². The summed E-state index contributed by atoms with van der Waals surface area (Å²) < 4.78 is 16.9. The smallest absolute Gasteiger partial charge is 0.306 e.